The first kappa shape index (κ1) is 13.1. The largest absolute Gasteiger partial charge is 0.492 e. The second kappa shape index (κ2) is 4.94. The van der Waals surface area contributed by atoms with Gasteiger partial charge in [0.25, 0.3) is 0 Å². The molecule has 0 saturated heterocycles. The third kappa shape index (κ3) is 3.54. The van der Waals surface area contributed by atoms with E-state index in [4.69, 9.17) is 9.84 Å². The first-order valence-electron chi connectivity index (χ1n) is 4.68. The Morgan fingerprint density at radius 3 is 2.59 bits per heavy atom. The Labute approximate surface area is 95.0 Å². The molecular weight excluding hydrogens is 239 g/mol. The molecule has 0 aliphatic rings. The van der Waals surface area contributed by atoms with Gasteiger partial charge in [0.1, 0.15) is 5.75 Å². The Morgan fingerprint density at radius 2 is 2.12 bits per heavy atom. The van der Waals surface area contributed by atoms with Crippen molar-refractivity contribution in [2.75, 3.05) is 11.9 Å². The Bertz CT molecular complexity index is 418. The fraction of sp³-hybridized carbons (Fsp3) is 0.300. The maximum atomic E-state index is 12.4. The molecule has 17 heavy (non-hydrogen) atoms. The van der Waals surface area contributed by atoms with E-state index < -0.39 is 17.8 Å². The lowest BCUT2D eigenvalue weighted by Crippen LogP contribution is -2.11. The third-order valence-electron chi connectivity index (χ3n) is 1.85. The summed E-state index contributed by atoms with van der Waals surface area (Å²) >= 11 is 0. The van der Waals surface area contributed by atoms with Gasteiger partial charge in [-0.3, -0.25) is 5.32 Å². The quantitative estimate of drug-likeness (QED) is 0.864. The van der Waals surface area contributed by atoms with E-state index in [2.05, 4.69) is 0 Å². The molecule has 1 rings (SSSR count). The summed E-state index contributed by atoms with van der Waals surface area (Å²) in [6.45, 7) is 1.86. The number of anilines is 1. The predicted octanol–water partition coefficient (Wildman–Crippen LogP) is 3.19. The summed E-state index contributed by atoms with van der Waals surface area (Å²) in [4.78, 5) is 10.4. The minimum atomic E-state index is -4.53. The van der Waals surface area contributed by atoms with Gasteiger partial charge < -0.3 is 9.84 Å². The van der Waals surface area contributed by atoms with Gasteiger partial charge in [-0.2, -0.15) is 13.2 Å². The molecule has 0 unspecified atom stereocenters. The minimum absolute atomic E-state index is 0.0582. The average molecular weight is 249 g/mol. The number of alkyl halides is 3. The molecule has 0 spiro atoms. The van der Waals surface area contributed by atoms with Crippen LogP contribution >= 0.6 is 0 Å². The first-order valence-corrected chi connectivity index (χ1v) is 4.68. The number of amides is 1. The highest BCUT2D eigenvalue weighted by Gasteiger charge is 2.31. The van der Waals surface area contributed by atoms with E-state index in [0.717, 1.165) is 12.1 Å². The van der Waals surface area contributed by atoms with Gasteiger partial charge in [0.05, 0.1) is 17.9 Å². The van der Waals surface area contributed by atoms with E-state index in [1.165, 1.54) is 0 Å². The SMILES string of the molecule is CCOc1ccc(C(F)(F)F)cc1NC(=O)O. The molecule has 0 heterocycles. The Hall–Kier alpha value is -1.92. The van der Waals surface area contributed by atoms with Crippen molar-refractivity contribution in [2.24, 2.45) is 0 Å². The summed E-state index contributed by atoms with van der Waals surface area (Å²) in [5, 5.41) is 10.4. The van der Waals surface area contributed by atoms with Crippen molar-refractivity contribution in [1.29, 1.82) is 0 Å². The monoisotopic (exact) mass is 249 g/mol. The summed E-state index contributed by atoms with van der Waals surface area (Å²) in [5.74, 6) is 0.0582. The van der Waals surface area contributed by atoms with Gasteiger partial charge in [-0.25, -0.2) is 4.79 Å². The van der Waals surface area contributed by atoms with Crippen molar-refractivity contribution in [3.05, 3.63) is 23.8 Å². The van der Waals surface area contributed by atoms with Crippen LogP contribution in [0.3, 0.4) is 0 Å². The lowest BCUT2D eigenvalue weighted by Gasteiger charge is -2.13. The van der Waals surface area contributed by atoms with Gasteiger partial charge in [0.15, 0.2) is 0 Å². The number of hydrogen-bond donors (Lipinski definition) is 2. The zero-order valence-corrected chi connectivity index (χ0v) is 8.84. The minimum Gasteiger partial charge on any atom is -0.492 e. The predicted molar refractivity (Wildman–Crippen MR) is 54.3 cm³/mol. The molecule has 0 aliphatic carbocycles. The summed E-state index contributed by atoms with van der Waals surface area (Å²) in [5.41, 5.74) is -1.17. The molecule has 1 aromatic carbocycles. The number of nitrogens with one attached hydrogen (secondary N) is 1. The van der Waals surface area contributed by atoms with E-state index in [0.29, 0.717) is 6.07 Å². The van der Waals surface area contributed by atoms with Crippen LogP contribution in [0.4, 0.5) is 23.7 Å². The Kier molecular flexibility index (Phi) is 3.82. The van der Waals surface area contributed by atoms with Crippen molar-refractivity contribution < 1.29 is 27.8 Å². The Balaban J connectivity index is 3.14. The maximum Gasteiger partial charge on any atom is 0.416 e. The molecule has 0 atom stereocenters. The second-order valence-corrected chi connectivity index (χ2v) is 3.07. The van der Waals surface area contributed by atoms with Crippen molar-refractivity contribution in [1.82, 2.24) is 0 Å². The molecule has 1 aromatic rings. The highest BCUT2D eigenvalue weighted by atomic mass is 19.4. The zero-order chi connectivity index (χ0) is 13.1. The van der Waals surface area contributed by atoms with Gasteiger partial charge in [-0.15, -0.1) is 0 Å². The van der Waals surface area contributed by atoms with E-state index in [1.807, 2.05) is 5.32 Å². The molecule has 0 bridgehead atoms. The van der Waals surface area contributed by atoms with Gasteiger partial charge >= 0.3 is 12.3 Å². The van der Waals surface area contributed by atoms with Crippen LogP contribution in [-0.2, 0) is 6.18 Å². The summed E-state index contributed by atoms with van der Waals surface area (Å²) in [6.07, 6.45) is -5.98. The number of halogens is 3. The van der Waals surface area contributed by atoms with Crippen molar-refractivity contribution in [3.8, 4) is 5.75 Å². The van der Waals surface area contributed by atoms with Crippen LogP contribution in [0.2, 0.25) is 0 Å². The summed E-state index contributed by atoms with van der Waals surface area (Å²) < 4.78 is 42.2. The highest BCUT2D eigenvalue weighted by molar-refractivity contribution is 5.85. The lowest BCUT2D eigenvalue weighted by molar-refractivity contribution is -0.137. The van der Waals surface area contributed by atoms with Gasteiger partial charge in [-0.05, 0) is 25.1 Å². The van der Waals surface area contributed by atoms with Crippen LogP contribution in [0.5, 0.6) is 5.75 Å². The molecule has 0 saturated carbocycles. The van der Waals surface area contributed by atoms with Crippen LogP contribution in [0.1, 0.15) is 12.5 Å². The van der Waals surface area contributed by atoms with Crippen molar-refractivity contribution in [2.45, 2.75) is 13.1 Å². The van der Waals surface area contributed by atoms with Crippen molar-refractivity contribution >= 4 is 11.8 Å². The smallest absolute Gasteiger partial charge is 0.416 e. The van der Waals surface area contributed by atoms with Crippen LogP contribution in [0.25, 0.3) is 0 Å². The molecule has 0 aliphatic heterocycles. The molecule has 2 N–H and O–H groups in total. The number of hydrogen-bond acceptors (Lipinski definition) is 2. The van der Waals surface area contributed by atoms with Gasteiger partial charge in [-0.1, -0.05) is 0 Å². The van der Waals surface area contributed by atoms with Crippen LogP contribution in [0, 0.1) is 0 Å². The summed E-state index contributed by atoms with van der Waals surface area (Å²) in [7, 11) is 0. The van der Waals surface area contributed by atoms with Gasteiger partial charge in [0, 0.05) is 0 Å². The first-order chi connectivity index (χ1) is 7.84. The molecule has 4 nitrogen and oxygen atoms in total. The number of rotatable bonds is 3. The molecule has 0 radical (unpaired) electrons. The molecule has 7 heteroatoms. The third-order valence-corrected chi connectivity index (χ3v) is 1.85. The van der Waals surface area contributed by atoms with Crippen LogP contribution in [0.15, 0.2) is 18.2 Å². The molecular formula is C10H10F3NO3. The van der Waals surface area contributed by atoms with E-state index in [-0.39, 0.29) is 18.0 Å². The van der Waals surface area contributed by atoms with E-state index >= 15 is 0 Å². The second-order valence-electron chi connectivity index (χ2n) is 3.07. The fourth-order valence-corrected chi connectivity index (χ4v) is 1.20. The number of ether oxygens (including phenoxy) is 1. The molecule has 1 amide bonds. The number of carboxylic acid groups (broad SMARTS) is 1. The Morgan fingerprint density at radius 1 is 1.47 bits per heavy atom. The lowest BCUT2D eigenvalue weighted by atomic mass is 10.2. The summed E-state index contributed by atoms with van der Waals surface area (Å²) in [6, 6.07) is 2.61. The standard InChI is InChI=1S/C10H10F3NO3/c1-2-17-8-4-3-6(10(11,12)13)5-7(8)14-9(15)16/h3-5,14H,2H2,1H3,(H,15,16). The molecule has 0 fully saturated rings. The van der Waals surface area contributed by atoms with Gasteiger partial charge in [0.2, 0.25) is 0 Å². The normalized spacial score (nSPS) is 11.1. The molecule has 94 valence electrons. The highest BCUT2D eigenvalue weighted by Crippen LogP contribution is 2.34. The fourth-order valence-electron chi connectivity index (χ4n) is 1.20. The number of benzene rings is 1. The topological polar surface area (TPSA) is 58.6 Å². The zero-order valence-electron chi connectivity index (χ0n) is 8.84. The molecule has 0 aromatic heterocycles. The maximum absolute atomic E-state index is 12.4. The van der Waals surface area contributed by atoms with E-state index in [1.54, 1.807) is 6.92 Å². The van der Waals surface area contributed by atoms with E-state index in [9.17, 15) is 18.0 Å². The van der Waals surface area contributed by atoms with Crippen molar-refractivity contribution in [3.63, 3.8) is 0 Å². The van der Waals surface area contributed by atoms with Crippen LogP contribution < -0.4 is 10.1 Å². The number of carbonyl (C=O) groups is 1. The van der Waals surface area contributed by atoms with Crippen LogP contribution in [-0.4, -0.2) is 17.8 Å². The average Bonchev–Trinajstić information content (AvgIpc) is 2.18.